The van der Waals surface area contributed by atoms with E-state index < -0.39 is 0 Å². The zero-order valence-corrected chi connectivity index (χ0v) is 18.5. The molecule has 2 rings (SSSR count). The largest absolute Gasteiger partial charge is 0.346 e. The maximum absolute atomic E-state index is 12.2. The summed E-state index contributed by atoms with van der Waals surface area (Å²) in [5.41, 5.74) is 5.03. The molecule has 29 heavy (non-hydrogen) atoms. The Morgan fingerprint density at radius 3 is 2.07 bits per heavy atom. The minimum Gasteiger partial charge on any atom is -0.346 e. The molecule has 0 saturated carbocycles. The van der Waals surface area contributed by atoms with Crippen LogP contribution in [0.4, 0.5) is 5.69 Å². The second-order valence-electron chi connectivity index (χ2n) is 7.75. The highest BCUT2D eigenvalue weighted by Gasteiger charge is 2.17. The molecule has 0 aromatic heterocycles. The Balaban J connectivity index is 1.85. The van der Waals surface area contributed by atoms with Gasteiger partial charge in [-0.3, -0.25) is 9.59 Å². The number of hydrogen-bond acceptors (Lipinski definition) is 3. The highest BCUT2D eigenvalue weighted by Crippen LogP contribution is 2.23. The monoisotopic (exact) mass is 415 g/mol. The number of anilines is 1. The van der Waals surface area contributed by atoms with Crippen LogP contribution in [0.3, 0.4) is 0 Å². The van der Waals surface area contributed by atoms with Crippen LogP contribution in [-0.2, 0) is 9.59 Å². The molecule has 2 aromatic rings. The van der Waals surface area contributed by atoms with Crippen molar-refractivity contribution < 1.29 is 9.59 Å². The smallest absolute Gasteiger partial charge is 0.243 e. The molecule has 0 bridgehead atoms. The van der Waals surface area contributed by atoms with Crippen molar-refractivity contribution in [2.24, 2.45) is 5.92 Å². The molecule has 6 heteroatoms. The van der Waals surface area contributed by atoms with Crippen molar-refractivity contribution in [1.82, 2.24) is 10.6 Å². The van der Waals surface area contributed by atoms with E-state index in [1.807, 2.05) is 57.2 Å². The summed E-state index contributed by atoms with van der Waals surface area (Å²) >= 11 is 5.96. The quantitative estimate of drug-likeness (QED) is 0.601. The molecule has 156 valence electrons. The van der Waals surface area contributed by atoms with E-state index in [0.717, 1.165) is 27.9 Å². The molecule has 3 N–H and O–H groups in total. The Labute approximate surface area is 178 Å². The van der Waals surface area contributed by atoms with Crippen LogP contribution in [0.15, 0.2) is 36.4 Å². The summed E-state index contributed by atoms with van der Waals surface area (Å²) < 4.78 is 0. The number of aryl methyl sites for hydroxylation is 3. The first-order valence-electron chi connectivity index (χ1n) is 9.80. The zero-order chi connectivity index (χ0) is 21.6. The van der Waals surface area contributed by atoms with Crippen LogP contribution in [0, 0.1) is 26.7 Å². The third kappa shape index (κ3) is 6.87. The van der Waals surface area contributed by atoms with Gasteiger partial charge in [-0.15, -0.1) is 0 Å². The van der Waals surface area contributed by atoms with E-state index in [2.05, 4.69) is 29.8 Å². The number of carbonyl (C=O) groups excluding carboxylic acids is 2. The molecule has 0 radical (unpaired) electrons. The lowest BCUT2D eigenvalue weighted by molar-refractivity contribution is -0.123. The van der Waals surface area contributed by atoms with Crippen molar-refractivity contribution in [2.45, 2.75) is 40.7 Å². The van der Waals surface area contributed by atoms with E-state index in [-0.39, 0.29) is 30.9 Å². The van der Waals surface area contributed by atoms with Gasteiger partial charge in [0.1, 0.15) is 0 Å². The summed E-state index contributed by atoms with van der Waals surface area (Å²) in [6.45, 7) is 10.2. The van der Waals surface area contributed by atoms with Gasteiger partial charge in [-0.2, -0.15) is 0 Å². The summed E-state index contributed by atoms with van der Waals surface area (Å²) in [4.78, 5) is 24.5. The molecule has 1 unspecified atom stereocenters. The van der Waals surface area contributed by atoms with Gasteiger partial charge in [0.25, 0.3) is 0 Å². The van der Waals surface area contributed by atoms with Crippen LogP contribution in [-0.4, -0.2) is 24.9 Å². The minimum absolute atomic E-state index is 0.0182. The van der Waals surface area contributed by atoms with Crippen molar-refractivity contribution in [3.05, 3.63) is 63.7 Å². The van der Waals surface area contributed by atoms with E-state index in [0.29, 0.717) is 10.9 Å². The molecule has 0 aliphatic rings. The highest BCUT2D eigenvalue weighted by molar-refractivity contribution is 6.30. The standard InChI is InChI=1S/C23H30ClN3O2/c1-14(2)22(18-6-8-19(24)9-7-18)26-12-20(28)25-13-21(29)27-23-16(4)10-15(3)11-17(23)5/h6-11,14,22,26H,12-13H2,1-5H3,(H,25,28)(H,27,29). The Bertz CT molecular complexity index is 840. The number of amides is 2. The molecular formula is C23H30ClN3O2. The summed E-state index contributed by atoms with van der Waals surface area (Å²) in [7, 11) is 0. The van der Waals surface area contributed by atoms with Gasteiger partial charge in [-0.1, -0.05) is 55.3 Å². The van der Waals surface area contributed by atoms with Gasteiger partial charge >= 0.3 is 0 Å². The van der Waals surface area contributed by atoms with Crippen molar-refractivity contribution in [1.29, 1.82) is 0 Å². The van der Waals surface area contributed by atoms with E-state index in [1.165, 1.54) is 0 Å². The minimum atomic E-state index is -0.244. The van der Waals surface area contributed by atoms with Gasteiger partial charge in [0.15, 0.2) is 0 Å². The summed E-state index contributed by atoms with van der Waals surface area (Å²) in [6.07, 6.45) is 0. The van der Waals surface area contributed by atoms with E-state index in [4.69, 9.17) is 11.6 Å². The average Bonchev–Trinajstić information content (AvgIpc) is 2.64. The lowest BCUT2D eigenvalue weighted by Crippen LogP contribution is -2.40. The molecule has 0 fully saturated rings. The lowest BCUT2D eigenvalue weighted by atomic mass is 9.96. The number of rotatable bonds is 8. The number of carbonyl (C=O) groups is 2. The van der Waals surface area contributed by atoms with Crippen LogP contribution >= 0.6 is 11.6 Å². The second kappa shape index (κ2) is 10.4. The van der Waals surface area contributed by atoms with Crippen molar-refractivity contribution >= 4 is 29.1 Å². The lowest BCUT2D eigenvalue weighted by Gasteiger charge is -2.23. The molecule has 2 aromatic carbocycles. The summed E-state index contributed by atoms with van der Waals surface area (Å²) in [5.74, 6) is -0.177. The van der Waals surface area contributed by atoms with Gasteiger partial charge in [-0.05, 0) is 55.5 Å². The third-order valence-electron chi connectivity index (χ3n) is 4.77. The first-order chi connectivity index (χ1) is 13.7. The van der Waals surface area contributed by atoms with Crippen LogP contribution in [0.5, 0.6) is 0 Å². The number of nitrogens with one attached hydrogen (secondary N) is 3. The zero-order valence-electron chi connectivity index (χ0n) is 17.7. The maximum atomic E-state index is 12.2. The maximum Gasteiger partial charge on any atom is 0.243 e. The second-order valence-corrected chi connectivity index (χ2v) is 8.19. The Morgan fingerprint density at radius 1 is 0.931 bits per heavy atom. The number of benzene rings is 2. The van der Waals surface area contributed by atoms with Crippen LogP contribution in [0.1, 0.15) is 42.1 Å². The van der Waals surface area contributed by atoms with Crippen LogP contribution < -0.4 is 16.0 Å². The number of hydrogen-bond donors (Lipinski definition) is 3. The van der Waals surface area contributed by atoms with Gasteiger partial charge in [0.05, 0.1) is 13.1 Å². The molecule has 0 aliphatic carbocycles. The number of halogens is 1. The normalized spacial score (nSPS) is 12.0. The van der Waals surface area contributed by atoms with Crippen molar-refractivity contribution in [3.63, 3.8) is 0 Å². The molecular weight excluding hydrogens is 386 g/mol. The fraction of sp³-hybridized carbons (Fsp3) is 0.391. The fourth-order valence-electron chi connectivity index (χ4n) is 3.41. The van der Waals surface area contributed by atoms with Gasteiger partial charge in [0, 0.05) is 16.8 Å². The summed E-state index contributed by atoms with van der Waals surface area (Å²) in [5, 5.41) is 9.51. The van der Waals surface area contributed by atoms with Gasteiger partial charge < -0.3 is 16.0 Å². The molecule has 1 atom stereocenters. The van der Waals surface area contributed by atoms with Gasteiger partial charge in [0.2, 0.25) is 11.8 Å². The van der Waals surface area contributed by atoms with Crippen molar-refractivity contribution in [2.75, 3.05) is 18.4 Å². The Hall–Kier alpha value is -2.37. The molecule has 5 nitrogen and oxygen atoms in total. The van der Waals surface area contributed by atoms with E-state index >= 15 is 0 Å². The highest BCUT2D eigenvalue weighted by atomic mass is 35.5. The average molecular weight is 416 g/mol. The molecule has 2 amide bonds. The predicted octanol–water partition coefficient (Wildman–Crippen LogP) is 4.31. The topological polar surface area (TPSA) is 70.2 Å². The van der Waals surface area contributed by atoms with Crippen LogP contribution in [0.2, 0.25) is 5.02 Å². The van der Waals surface area contributed by atoms with E-state index in [1.54, 1.807) is 0 Å². The third-order valence-corrected chi connectivity index (χ3v) is 5.02. The Kier molecular flexibility index (Phi) is 8.23. The first-order valence-corrected chi connectivity index (χ1v) is 10.2. The Morgan fingerprint density at radius 2 is 1.52 bits per heavy atom. The van der Waals surface area contributed by atoms with Crippen LogP contribution in [0.25, 0.3) is 0 Å². The predicted molar refractivity (Wildman–Crippen MR) is 119 cm³/mol. The molecule has 0 heterocycles. The molecule has 0 spiro atoms. The SMILES string of the molecule is Cc1cc(C)c(NC(=O)CNC(=O)CNC(c2ccc(Cl)cc2)C(C)C)c(C)c1. The first kappa shape index (κ1) is 22.9. The summed E-state index contributed by atoms with van der Waals surface area (Å²) in [6, 6.07) is 11.7. The molecule has 0 aliphatic heterocycles. The molecule has 0 saturated heterocycles. The van der Waals surface area contributed by atoms with E-state index in [9.17, 15) is 9.59 Å². The van der Waals surface area contributed by atoms with Crippen molar-refractivity contribution in [3.8, 4) is 0 Å². The van der Waals surface area contributed by atoms with Gasteiger partial charge in [-0.25, -0.2) is 0 Å². The fourth-order valence-corrected chi connectivity index (χ4v) is 3.54.